The predicted octanol–water partition coefficient (Wildman–Crippen LogP) is 0.662. The number of aryl methyl sites for hydroxylation is 1. The fourth-order valence-electron chi connectivity index (χ4n) is 2.71. The van der Waals surface area contributed by atoms with Crippen LogP contribution >= 0.6 is 0 Å². The van der Waals surface area contributed by atoms with E-state index in [0.717, 1.165) is 6.54 Å². The summed E-state index contributed by atoms with van der Waals surface area (Å²) in [6.07, 6.45) is 1.22. The maximum Gasteiger partial charge on any atom is 0.185 e. The van der Waals surface area contributed by atoms with Crippen molar-refractivity contribution in [3.63, 3.8) is 0 Å². The summed E-state index contributed by atoms with van der Waals surface area (Å²) in [5.74, 6) is 1.71. The van der Waals surface area contributed by atoms with Gasteiger partial charge in [0.25, 0.3) is 0 Å². The number of anilines is 1. The number of rotatable bonds is 2. The second kappa shape index (κ2) is 5.06. The lowest BCUT2D eigenvalue weighted by Gasteiger charge is -2.41. The van der Waals surface area contributed by atoms with E-state index in [1.165, 1.54) is 6.26 Å². The first kappa shape index (κ1) is 15.5. The van der Waals surface area contributed by atoms with Gasteiger partial charge in [0.05, 0.1) is 19.3 Å². The van der Waals surface area contributed by atoms with E-state index in [1.54, 1.807) is 20.8 Å². The third kappa shape index (κ3) is 2.34. The van der Waals surface area contributed by atoms with Crippen LogP contribution in [0.15, 0.2) is 0 Å². The van der Waals surface area contributed by atoms with Crippen LogP contribution in [0.2, 0.25) is 0 Å². The molecule has 2 aliphatic heterocycles. The Labute approximate surface area is 130 Å². The van der Waals surface area contributed by atoms with Gasteiger partial charge in [-0.2, -0.15) is 0 Å². The quantitative estimate of drug-likeness (QED) is 0.789. The highest BCUT2D eigenvalue weighted by atomic mass is 32.2. The van der Waals surface area contributed by atoms with Crippen molar-refractivity contribution in [1.29, 1.82) is 0 Å². The van der Waals surface area contributed by atoms with Crippen LogP contribution in [0, 0.1) is 6.92 Å². The fraction of sp³-hybridized carbons (Fsp3) is 0.714. The van der Waals surface area contributed by atoms with Gasteiger partial charge >= 0.3 is 0 Å². The molecule has 0 bridgehead atoms. The molecule has 122 valence electrons. The topological polar surface area (TPSA) is 81.6 Å². The van der Waals surface area contributed by atoms with Crippen LogP contribution < -0.4 is 9.64 Å². The fourth-order valence-corrected chi connectivity index (χ4v) is 3.20. The van der Waals surface area contributed by atoms with Crippen molar-refractivity contribution in [1.82, 2.24) is 9.97 Å². The van der Waals surface area contributed by atoms with Crippen LogP contribution in [0.25, 0.3) is 0 Å². The van der Waals surface area contributed by atoms with Gasteiger partial charge in [0.2, 0.25) is 0 Å². The van der Waals surface area contributed by atoms with Crippen LogP contribution in [0.5, 0.6) is 5.75 Å². The molecule has 1 atom stereocenters. The van der Waals surface area contributed by atoms with Crippen LogP contribution in [0.3, 0.4) is 0 Å². The zero-order valence-corrected chi connectivity index (χ0v) is 14.1. The van der Waals surface area contributed by atoms with E-state index in [1.807, 2.05) is 0 Å². The Morgan fingerprint density at radius 1 is 1.27 bits per heavy atom. The summed E-state index contributed by atoms with van der Waals surface area (Å²) in [7, 11) is -3.35. The van der Waals surface area contributed by atoms with Gasteiger partial charge in [-0.15, -0.1) is 0 Å². The number of ether oxygens (including phenoxy) is 2. The Kier molecular flexibility index (Phi) is 3.56. The molecule has 0 spiro atoms. The van der Waals surface area contributed by atoms with Gasteiger partial charge < -0.3 is 14.4 Å². The summed E-state index contributed by atoms with van der Waals surface area (Å²) < 4.78 is 34.6. The third-order valence-corrected chi connectivity index (χ3v) is 6.42. The zero-order valence-electron chi connectivity index (χ0n) is 13.3. The van der Waals surface area contributed by atoms with Crippen LogP contribution in [-0.2, 0) is 19.3 Å². The summed E-state index contributed by atoms with van der Waals surface area (Å²) in [5.41, 5.74) is 0.433. The number of sulfone groups is 1. The lowest BCUT2D eigenvalue weighted by atomic mass is 10.1. The van der Waals surface area contributed by atoms with Gasteiger partial charge in [-0.3, -0.25) is 0 Å². The standard InChI is InChI=1S/C14H21N3O4S/c1-9-15-12(14(2,3)22(4,18)19)11-13(16-9)17-5-6-20-7-10(17)8-21-11/h10H,5-8H2,1-4H3. The first-order chi connectivity index (χ1) is 10.2. The molecule has 0 saturated carbocycles. The van der Waals surface area contributed by atoms with Gasteiger partial charge in [0.1, 0.15) is 22.9 Å². The monoisotopic (exact) mass is 327 g/mol. The second-order valence-corrected chi connectivity index (χ2v) is 8.85. The smallest absolute Gasteiger partial charge is 0.185 e. The SMILES string of the molecule is Cc1nc2c(c(C(C)(C)S(C)(=O)=O)n1)OCC1COCCN21. The average Bonchev–Trinajstić information content (AvgIpc) is 2.45. The molecule has 3 heterocycles. The number of fused-ring (bicyclic) bond motifs is 3. The summed E-state index contributed by atoms with van der Waals surface area (Å²) in [6.45, 7) is 7.46. The van der Waals surface area contributed by atoms with Crippen molar-refractivity contribution < 1.29 is 17.9 Å². The zero-order chi connectivity index (χ0) is 16.1. The molecule has 0 aromatic carbocycles. The molecule has 8 heteroatoms. The van der Waals surface area contributed by atoms with Crippen molar-refractivity contribution >= 4 is 15.7 Å². The summed E-state index contributed by atoms with van der Waals surface area (Å²) in [6, 6.07) is 0.116. The van der Waals surface area contributed by atoms with Crippen molar-refractivity contribution in [3.8, 4) is 5.75 Å². The van der Waals surface area contributed by atoms with Crippen molar-refractivity contribution in [2.45, 2.75) is 31.6 Å². The molecule has 3 rings (SSSR count). The second-order valence-electron chi connectivity index (χ2n) is 6.29. The molecule has 2 aliphatic rings. The van der Waals surface area contributed by atoms with Gasteiger partial charge in [0, 0.05) is 12.8 Å². The Balaban J connectivity index is 2.17. The van der Waals surface area contributed by atoms with Crippen molar-refractivity contribution in [2.24, 2.45) is 0 Å². The van der Waals surface area contributed by atoms with E-state index >= 15 is 0 Å². The minimum atomic E-state index is -3.35. The molecular formula is C14H21N3O4S. The Hall–Kier alpha value is -1.41. The largest absolute Gasteiger partial charge is 0.486 e. The van der Waals surface area contributed by atoms with Crippen LogP contribution in [-0.4, -0.2) is 57.0 Å². The molecule has 0 N–H and O–H groups in total. The normalized spacial score (nSPS) is 21.8. The first-order valence-corrected chi connectivity index (χ1v) is 9.17. The Bertz CT molecular complexity index is 702. The summed E-state index contributed by atoms with van der Waals surface area (Å²) in [5, 5.41) is 0. The summed E-state index contributed by atoms with van der Waals surface area (Å²) >= 11 is 0. The van der Waals surface area contributed by atoms with Gasteiger partial charge in [-0.25, -0.2) is 18.4 Å². The van der Waals surface area contributed by atoms with Crippen molar-refractivity contribution in [2.75, 3.05) is 37.5 Å². The number of aromatic nitrogens is 2. The molecule has 1 aromatic heterocycles. The van der Waals surface area contributed by atoms with E-state index in [0.29, 0.717) is 42.9 Å². The minimum absolute atomic E-state index is 0.116. The highest BCUT2D eigenvalue weighted by Crippen LogP contribution is 2.42. The number of hydrogen-bond acceptors (Lipinski definition) is 7. The van der Waals surface area contributed by atoms with Crippen molar-refractivity contribution in [3.05, 3.63) is 11.5 Å². The van der Waals surface area contributed by atoms with Crippen LogP contribution in [0.4, 0.5) is 5.82 Å². The first-order valence-electron chi connectivity index (χ1n) is 7.27. The highest BCUT2D eigenvalue weighted by Gasteiger charge is 2.42. The minimum Gasteiger partial charge on any atom is -0.486 e. The number of morpholine rings is 1. The Morgan fingerprint density at radius 2 is 2.00 bits per heavy atom. The van der Waals surface area contributed by atoms with E-state index in [-0.39, 0.29) is 6.04 Å². The maximum absolute atomic E-state index is 12.2. The maximum atomic E-state index is 12.2. The molecule has 0 radical (unpaired) electrons. The number of nitrogens with zero attached hydrogens (tertiary/aromatic N) is 3. The Morgan fingerprint density at radius 3 is 2.68 bits per heavy atom. The van der Waals surface area contributed by atoms with Gasteiger partial charge in [-0.05, 0) is 20.8 Å². The predicted molar refractivity (Wildman–Crippen MR) is 82.1 cm³/mol. The molecule has 1 unspecified atom stereocenters. The molecule has 1 fully saturated rings. The molecule has 0 aliphatic carbocycles. The van der Waals surface area contributed by atoms with E-state index in [4.69, 9.17) is 9.47 Å². The highest BCUT2D eigenvalue weighted by molar-refractivity contribution is 7.91. The summed E-state index contributed by atoms with van der Waals surface area (Å²) in [4.78, 5) is 11.0. The molecule has 7 nitrogen and oxygen atoms in total. The lowest BCUT2D eigenvalue weighted by molar-refractivity contribution is 0.0690. The third-order valence-electron chi connectivity index (χ3n) is 4.38. The lowest BCUT2D eigenvalue weighted by Crippen LogP contribution is -2.52. The molecule has 0 amide bonds. The molecule has 22 heavy (non-hydrogen) atoms. The van der Waals surface area contributed by atoms with E-state index < -0.39 is 14.6 Å². The molecular weight excluding hydrogens is 306 g/mol. The van der Waals surface area contributed by atoms with E-state index in [2.05, 4.69) is 14.9 Å². The van der Waals surface area contributed by atoms with Crippen LogP contribution in [0.1, 0.15) is 25.4 Å². The van der Waals surface area contributed by atoms with E-state index in [9.17, 15) is 8.42 Å². The molecule has 1 saturated heterocycles. The number of hydrogen-bond donors (Lipinski definition) is 0. The molecule has 1 aromatic rings. The van der Waals surface area contributed by atoms with Gasteiger partial charge in [0.15, 0.2) is 21.4 Å². The average molecular weight is 327 g/mol. The van der Waals surface area contributed by atoms with Gasteiger partial charge in [-0.1, -0.05) is 0 Å².